The molecule has 4 heteroatoms. The molecule has 1 amide bonds. The van der Waals surface area contributed by atoms with Crippen molar-refractivity contribution in [3.63, 3.8) is 0 Å². The van der Waals surface area contributed by atoms with E-state index in [1.807, 2.05) is 18.2 Å². The highest BCUT2D eigenvalue weighted by molar-refractivity contribution is 5.95. The van der Waals surface area contributed by atoms with Gasteiger partial charge in [-0.15, -0.1) is 0 Å². The first kappa shape index (κ1) is 11.0. The van der Waals surface area contributed by atoms with Crippen molar-refractivity contribution in [2.45, 2.75) is 6.42 Å². The number of fused-ring (bicyclic) bond motifs is 1. The van der Waals surface area contributed by atoms with Gasteiger partial charge in [-0.1, -0.05) is 6.07 Å². The van der Waals surface area contributed by atoms with Gasteiger partial charge < -0.3 is 15.4 Å². The number of hydrogen-bond acceptors (Lipinski definition) is 3. The zero-order valence-electron chi connectivity index (χ0n) is 9.38. The van der Waals surface area contributed by atoms with Crippen molar-refractivity contribution < 1.29 is 9.53 Å². The summed E-state index contributed by atoms with van der Waals surface area (Å²) in [5.41, 5.74) is 3.07. The molecule has 0 saturated heterocycles. The predicted molar refractivity (Wildman–Crippen MR) is 62.8 cm³/mol. The number of rotatable bonds is 4. The Labute approximate surface area is 95.0 Å². The predicted octanol–water partition coefficient (Wildman–Crippen LogP) is 1.03. The lowest BCUT2D eigenvalue weighted by Gasteiger charge is -2.06. The number of benzene rings is 1. The summed E-state index contributed by atoms with van der Waals surface area (Å²) < 4.78 is 4.88. The maximum absolute atomic E-state index is 11.7. The van der Waals surface area contributed by atoms with Gasteiger partial charge in [0.05, 0.1) is 6.61 Å². The Morgan fingerprint density at radius 1 is 1.56 bits per heavy atom. The minimum absolute atomic E-state index is 0.0476. The van der Waals surface area contributed by atoms with Crippen LogP contribution >= 0.6 is 0 Å². The van der Waals surface area contributed by atoms with E-state index >= 15 is 0 Å². The van der Waals surface area contributed by atoms with Crippen LogP contribution in [0.3, 0.4) is 0 Å². The van der Waals surface area contributed by atoms with E-state index in [1.165, 1.54) is 5.56 Å². The molecule has 4 nitrogen and oxygen atoms in total. The van der Waals surface area contributed by atoms with Crippen LogP contribution in [0.4, 0.5) is 5.69 Å². The first-order chi connectivity index (χ1) is 7.81. The zero-order valence-corrected chi connectivity index (χ0v) is 9.38. The summed E-state index contributed by atoms with van der Waals surface area (Å²) >= 11 is 0. The molecule has 0 aromatic heterocycles. The van der Waals surface area contributed by atoms with Gasteiger partial charge in [-0.3, -0.25) is 4.79 Å². The Balaban J connectivity index is 2.01. The fourth-order valence-corrected chi connectivity index (χ4v) is 1.80. The Kier molecular flexibility index (Phi) is 3.41. The Morgan fingerprint density at radius 3 is 3.25 bits per heavy atom. The van der Waals surface area contributed by atoms with E-state index in [-0.39, 0.29) is 5.91 Å². The van der Waals surface area contributed by atoms with Crippen LogP contribution in [0.5, 0.6) is 0 Å². The molecule has 1 heterocycles. The lowest BCUT2D eigenvalue weighted by molar-refractivity contribution is 0.0937. The molecular formula is C12H16N2O2. The second kappa shape index (κ2) is 4.99. The van der Waals surface area contributed by atoms with E-state index in [1.54, 1.807) is 7.11 Å². The van der Waals surface area contributed by atoms with Crippen LogP contribution in [-0.4, -0.2) is 32.7 Å². The van der Waals surface area contributed by atoms with Crippen LogP contribution in [0, 0.1) is 0 Å². The Morgan fingerprint density at radius 2 is 2.44 bits per heavy atom. The first-order valence-corrected chi connectivity index (χ1v) is 5.45. The fourth-order valence-electron chi connectivity index (χ4n) is 1.80. The number of nitrogens with one attached hydrogen (secondary N) is 2. The van der Waals surface area contributed by atoms with Crippen molar-refractivity contribution >= 4 is 11.6 Å². The molecule has 0 aliphatic carbocycles. The van der Waals surface area contributed by atoms with E-state index in [4.69, 9.17) is 4.74 Å². The molecule has 86 valence electrons. The number of carbonyl (C=O) groups is 1. The van der Waals surface area contributed by atoms with E-state index in [2.05, 4.69) is 10.6 Å². The molecule has 2 N–H and O–H groups in total. The Bertz CT molecular complexity index is 391. The summed E-state index contributed by atoms with van der Waals surface area (Å²) in [5, 5.41) is 6.06. The molecule has 0 radical (unpaired) electrons. The molecule has 1 aromatic carbocycles. The lowest BCUT2D eigenvalue weighted by Crippen LogP contribution is -2.26. The number of amides is 1. The normalized spacial score (nSPS) is 13.1. The molecule has 0 spiro atoms. The SMILES string of the molecule is COCCNC(=O)c1ccc2c(c1)NCC2. The third-order valence-corrected chi connectivity index (χ3v) is 2.67. The molecular weight excluding hydrogens is 204 g/mol. The summed E-state index contributed by atoms with van der Waals surface area (Å²) in [7, 11) is 1.62. The third-order valence-electron chi connectivity index (χ3n) is 2.67. The van der Waals surface area contributed by atoms with Gasteiger partial charge in [0.2, 0.25) is 0 Å². The van der Waals surface area contributed by atoms with Crippen molar-refractivity contribution in [3.05, 3.63) is 29.3 Å². The standard InChI is InChI=1S/C12H16N2O2/c1-16-7-6-14-12(15)10-3-2-9-4-5-13-11(9)8-10/h2-3,8,13H,4-7H2,1H3,(H,14,15). The van der Waals surface area contributed by atoms with Crippen LogP contribution in [-0.2, 0) is 11.2 Å². The van der Waals surface area contributed by atoms with Gasteiger partial charge in [-0.2, -0.15) is 0 Å². The molecule has 2 rings (SSSR count). The van der Waals surface area contributed by atoms with Gasteiger partial charge in [0.25, 0.3) is 5.91 Å². The fraction of sp³-hybridized carbons (Fsp3) is 0.417. The minimum Gasteiger partial charge on any atom is -0.384 e. The summed E-state index contributed by atoms with van der Waals surface area (Å²) in [6.07, 6.45) is 1.04. The highest BCUT2D eigenvalue weighted by Gasteiger charge is 2.12. The number of anilines is 1. The lowest BCUT2D eigenvalue weighted by atomic mass is 10.1. The summed E-state index contributed by atoms with van der Waals surface area (Å²) in [5.74, 6) is -0.0476. The molecule has 1 aliphatic heterocycles. The van der Waals surface area contributed by atoms with Crippen LogP contribution < -0.4 is 10.6 Å². The molecule has 0 unspecified atom stereocenters. The van der Waals surface area contributed by atoms with Crippen molar-refractivity contribution in [2.75, 3.05) is 32.1 Å². The number of carbonyl (C=O) groups excluding carboxylic acids is 1. The quantitative estimate of drug-likeness (QED) is 0.745. The average Bonchev–Trinajstić information content (AvgIpc) is 2.76. The third kappa shape index (κ3) is 2.33. The maximum atomic E-state index is 11.7. The van der Waals surface area contributed by atoms with Gasteiger partial charge in [-0.05, 0) is 24.1 Å². The number of methoxy groups -OCH3 is 1. The van der Waals surface area contributed by atoms with Crippen molar-refractivity contribution in [1.29, 1.82) is 0 Å². The van der Waals surface area contributed by atoms with Crippen molar-refractivity contribution in [1.82, 2.24) is 5.32 Å². The molecule has 1 aliphatic rings. The second-order valence-electron chi connectivity index (χ2n) is 3.80. The summed E-state index contributed by atoms with van der Waals surface area (Å²) in [6, 6.07) is 5.79. The topological polar surface area (TPSA) is 50.4 Å². The second-order valence-corrected chi connectivity index (χ2v) is 3.80. The van der Waals surface area contributed by atoms with Crippen molar-refractivity contribution in [3.8, 4) is 0 Å². The monoisotopic (exact) mass is 220 g/mol. The highest BCUT2D eigenvalue weighted by atomic mass is 16.5. The van der Waals surface area contributed by atoms with Crippen LogP contribution in [0.15, 0.2) is 18.2 Å². The minimum atomic E-state index is -0.0476. The first-order valence-electron chi connectivity index (χ1n) is 5.45. The maximum Gasteiger partial charge on any atom is 0.251 e. The van der Waals surface area contributed by atoms with Crippen LogP contribution in [0.1, 0.15) is 15.9 Å². The highest BCUT2D eigenvalue weighted by Crippen LogP contribution is 2.22. The zero-order chi connectivity index (χ0) is 11.4. The largest absolute Gasteiger partial charge is 0.384 e. The van der Waals surface area contributed by atoms with Gasteiger partial charge in [-0.25, -0.2) is 0 Å². The molecule has 0 bridgehead atoms. The van der Waals surface area contributed by atoms with Gasteiger partial charge in [0.1, 0.15) is 0 Å². The van der Waals surface area contributed by atoms with Gasteiger partial charge in [0.15, 0.2) is 0 Å². The van der Waals surface area contributed by atoms with Crippen molar-refractivity contribution in [2.24, 2.45) is 0 Å². The molecule has 0 fully saturated rings. The van der Waals surface area contributed by atoms with E-state index in [9.17, 15) is 4.79 Å². The van der Waals surface area contributed by atoms with Gasteiger partial charge in [0, 0.05) is 31.5 Å². The molecule has 1 aromatic rings. The van der Waals surface area contributed by atoms with E-state index in [0.29, 0.717) is 18.7 Å². The Hall–Kier alpha value is -1.55. The smallest absolute Gasteiger partial charge is 0.251 e. The van der Waals surface area contributed by atoms with E-state index < -0.39 is 0 Å². The summed E-state index contributed by atoms with van der Waals surface area (Å²) in [4.78, 5) is 11.7. The number of ether oxygens (including phenoxy) is 1. The number of hydrogen-bond donors (Lipinski definition) is 2. The van der Waals surface area contributed by atoms with E-state index in [0.717, 1.165) is 18.7 Å². The molecule has 0 saturated carbocycles. The van der Waals surface area contributed by atoms with Crippen LogP contribution in [0.2, 0.25) is 0 Å². The molecule has 0 atom stereocenters. The van der Waals surface area contributed by atoms with Crippen LogP contribution in [0.25, 0.3) is 0 Å². The summed E-state index contributed by atoms with van der Waals surface area (Å²) in [6.45, 7) is 2.04. The van der Waals surface area contributed by atoms with Gasteiger partial charge >= 0.3 is 0 Å². The average molecular weight is 220 g/mol. The molecule has 16 heavy (non-hydrogen) atoms.